The van der Waals surface area contributed by atoms with Gasteiger partial charge in [-0.2, -0.15) is 0 Å². The molecule has 12 heteroatoms. The first-order chi connectivity index (χ1) is 24.3. The molecule has 4 aromatic carbocycles. The van der Waals surface area contributed by atoms with Gasteiger partial charge in [0.25, 0.3) is 11.8 Å². The number of benzene rings is 4. The Bertz CT molecular complexity index is 1880. The number of hydrogen-bond donors (Lipinski definition) is 5. The molecule has 4 amide bonds. The maximum absolute atomic E-state index is 12.9. The standard InChI is InChI=1S/C21H21N3O3.C17H18N2O4/c1-22-21(27)17-9-7-15(8-10-17)14-19(26)24(12-13-25)18-6-2-4-16-5-3-11-23-20(16)18;20-11-10-19(15-4-2-1-3-5-15)16(21)12-13-6-8-14(9-7-13)17(22)18-23/h2-11,25H,12-14H2,1H3,(H,22,27);1-9,20,23H,10-12H2,(H,18,22). The number of pyridine rings is 1. The fraction of sp³-hybridized carbons (Fsp3) is 0.184. The van der Waals surface area contributed by atoms with Gasteiger partial charge in [-0.1, -0.05) is 60.7 Å². The van der Waals surface area contributed by atoms with Gasteiger partial charge in [0.1, 0.15) is 0 Å². The number of nitrogens with zero attached hydrogens (tertiary/aromatic N) is 3. The van der Waals surface area contributed by atoms with E-state index in [4.69, 9.17) is 5.21 Å². The monoisotopic (exact) mass is 677 g/mol. The Labute approximate surface area is 289 Å². The normalized spacial score (nSPS) is 10.4. The molecule has 0 spiro atoms. The minimum atomic E-state index is -0.603. The van der Waals surface area contributed by atoms with Crippen LogP contribution in [-0.4, -0.2) is 77.4 Å². The van der Waals surface area contributed by atoms with E-state index in [1.807, 2.05) is 60.7 Å². The van der Waals surface area contributed by atoms with Crippen LogP contribution in [0.4, 0.5) is 11.4 Å². The van der Waals surface area contributed by atoms with Gasteiger partial charge in [-0.25, -0.2) is 5.48 Å². The molecule has 12 nitrogen and oxygen atoms in total. The number of rotatable bonds is 12. The molecule has 1 heterocycles. The number of aromatic nitrogens is 1. The van der Waals surface area contributed by atoms with Gasteiger partial charge in [0.05, 0.1) is 37.3 Å². The summed E-state index contributed by atoms with van der Waals surface area (Å²) < 4.78 is 0. The third-order valence-electron chi connectivity index (χ3n) is 7.69. The van der Waals surface area contributed by atoms with Crippen LogP contribution < -0.4 is 20.6 Å². The van der Waals surface area contributed by atoms with Gasteiger partial charge >= 0.3 is 0 Å². The summed E-state index contributed by atoms with van der Waals surface area (Å²) in [6.45, 7) is 0.125. The van der Waals surface area contributed by atoms with E-state index in [2.05, 4.69) is 10.3 Å². The van der Waals surface area contributed by atoms with Crippen molar-refractivity contribution < 1.29 is 34.6 Å². The Morgan fingerprint density at radius 3 is 1.74 bits per heavy atom. The van der Waals surface area contributed by atoms with E-state index in [0.717, 1.165) is 27.7 Å². The topological polar surface area (TPSA) is 172 Å². The molecule has 0 fully saturated rings. The fourth-order valence-electron chi connectivity index (χ4n) is 5.19. The average molecular weight is 678 g/mol. The molecule has 0 atom stereocenters. The van der Waals surface area contributed by atoms with Crippen molar-refractivity contribution in [3.05, 3.63) is 138 Å². The number of fused-ring (bicyclic) bond motifs is 1. The predicted molar refractivity (Wildman–Crippen MR) is 190 cm³/mol. The smallest absolute Gasteiger partial charge is 0.274 e. The lowest BCUT2D eigenvalue weighted by atomic mass is 10.1. The van der Waals surface area contributed by atoms with Crippen LogP contribution in [0, 0.1) is 0 Å². The molecule has 258 valence electrons. The van der Waals surface area contributed by atoms with E-state index in [1.165, 1.54) is 17.0 Å². The summed E-state index contributed by atoms with van der Waals surface area (Å²) in [5.41, 5.74) is 6.06. The maximum Gasteiger partial charge on any atom is 0.274 e. The number of carbonyl (C=O) groups is 4. The molecule has 0 aliphatic heterocycles. The summed E-state index contributed by atoms with van der Waals surface area (Å²) >= 11 is 0. The molecular weight excluding hydrogens is 638 g/mol. The lowest BCUT2D eigenvalue weighted by Gasteiger charge is -2.23. The number of anilines is 2. The zero-order valence-electron chi connectivity index (χ0n) is 27.5. The third-order valence-corrected chi connectivity index (χ3v) is 7.69. The van der Waals surface area contributed by atoms with Crippen molar-refractivity contribution in [1.82, 2.24) is 15.8 Å². The van der Waals surface area contributed by atoms with Crippen LogP contribution in [0.15, 0.2) is 115 Å². The Hall–Kier alpha value is -5.95. The summed E-state index contributed by atoms with van der Waals surface area (Å²) in [6.07, 6.45) is 2.00. The number of hydroxylamine groups is 1. The predicted octanol–water partition coefficient (Wildman–Crippen LogP) is 3.54. The number of aliphatic hydroxyl groups is 2. The van der Waals surface area contributed by atoms with Gasteiger partial charge in [0, 0.05) is 48.5 Å². The first kappa shape index (κ1) is 36.9. The van der Waals surface area contributed by atoms with Crippen molar-refractivity contribution in [3.63, 3.8) is 0 Å². The second kappa shape index (κ2) is 18.6. The van der Waals surface area contributed by atoms with Crippen molar-refractivity contribution in [1.29, 1.82) is 0 Å². The summed E-state index contributed by atoms with van der Waals surface area (Å²) in [7, 11) is 1.57. The third kappa shape index (κ3) is 9.80. The lowest BCUT2D eigenvalue weighted by Crippen LogP contribution is -2.35. The second-order valence-corrected chi connectivity index (χ2v) is 11.0. The molecule has 50 heavy (non-hydrogen) atoms. The van der Waals surface area contributed by atoms with E-state index in [1.54, 1.807) is 60.0 Å². The van der Waals surface area contributed by atoms with E-state index < -0.39 is 5.91 Å². The largest absolute Gasteiger partial charge is 0.395 e. The van der Waals surface area contributed by atoms with Crippen molar-refractivity contribution in [2.24, 2.45) is 0 Å². The molecule has 0 bridgehead atoms. The maximum atomic E-state index is 12.9. The molecule has 5 aromatic rings. The lowest BCUT2D eigenvalue weighted by molar-refractivity contribution is -0.118. The van der Waals surface area contributed by atoms with Crippen LogP contribution in [-0.2, 0) is 22.4 Å². The number of amides is 4. The van der Waals surface area contributed by atoms with Gasteiger partial charge in [0.15, 0.2) is 0 Å². The van der Waals surface area contributed by atoms with E-state index in [9.17, 15) is 29.4 Å². The summed E-state index contributed by atoms with van der Waals surface area (Å²) in [5, 5.41) is 30.7. The SMILES string of the molecule is CNC(=O)c1ccc(CC(=O)N(CCO)c2cccc3cccnc23)cc1.O=C(NO)c1ccc(CC(=O)N(CCO)c2ccccc2)cc1. The molecule has 0 saturated carbocycles. The average Bonchev–Trinajstić information content (AvgIpc) is 3.16. The summed E-state index contributed by atoms with van der Waals surface area (Å²) in [5.74, 6) is -1.06. The molecule has 5 rings (SSSR count). The highest BCUT2D eigenvalue weighted by atomic mass is 16.5. The number of aliphatic hydroxyl groups excluding tert-OH is 2. The van der Waals surface area contributed by atoms with Gasteiger partial charge in [0.2, 0.25) is 11.8 Å². The van der Waals surface area contributed by atoms with Gasteiger partial charge in [-0.15, -0.1) is 0 Å². The Morgan fingerprint density at radius 1 is 0.640 bits per heavy atom. The summed E-state index contributed by atoms with van der Waals surface area (Å²) in [6, 6.07) is 31.8. The highest BCUT2D eigenvalue weighted by Gasteiger charge is 2.19. The van der Waals surface area contributed by atoms with Crippen LogP contribution in [0.2, 0.25) is 0 Å². The van der Waals surface area contributed by atoms with E-state index in [0.29, 0.717) is 16.8 Å². The highest BCUT2D eigenvalue weighted by molar-refractivity contribution is 6.03. The number of carbonyl (C=O) groups excluding carboxylic acids is 4. The van der Waals surface area contributed by atoms with Crippen LogP contribution in [0.1, 0.15) is 31.8 Å². The van der Waals surface area contributed by atoms with Gasteiger partial charge in [-0.3, -0.25) is 29.4 Å². The van der Waals surface area contributed by atoms with Crippen LogP contribution >= 0.6 is 0 Å². The van der Waals surface area contributed by atoms with E-state index >= 15 is 0 Å². The number of nitrogens with one attached hydrogen (secondary N) is 2. The molecule has 1 aromatic heterocycles. The Balaban J connectivity index is 0.000000228. The van der Waals surface area contributed by atoms with Crippen LogP contribution in [0.25, 0.3) is 10.9 Å². The fourth-order valence-corrected chi connectivity index (χ4v) is 5.19. The molecule has 0 saturated heterocycles. The van der Waals surface area contributed by atoms with Crippen molar-refractivity contribution in [2.45, 2.75) is 12.8 Å². The Morgan fingerprint density at radius 2 is 1.18 bits per heavy atom. The zero-order valence-corrected chi connectivity index (χ0v) is 27.5. The van der Waals surface area contributed by atoms with E-state index in [-0.39, 0.29) is 56.9 Å². The molecule has 0 aliphatic rings. The van der Waals surface area contributed by atoms with Gasteiger partial charge < -0.3 is 25.3 Å². The Kier molecular flexibility index (Phi) is 13.7. The van der Waals surface area contributed by atoms with Crippen LogP contribution in [0.5, 0.6) is 0 Å². The van der Waals surface area contributed by atoms with Crippen LogP contribution in [0.3, 0.4) is 0 Å². The highest BCUT2D eigenvalue weighted by Crippen LogP contribution is 2.25. The second-order valence-electron chi connectivity index (χ2n) is 11.0. The molecule has 0 radical (unpaired) electrons. The quantitative estimate of drug-likeness (QED) is 0.0986. The number of hydrogen-bond acceptors (Lipinski definition) is 8. The van der Waals surface area contributed by atoms with Gasteiger partial charge in [-0.05, 0) is 59.7 Å². The van der Waals surface area contributed by atoms with Crippen molar-refractivity contribution in [2.75, 3.05) is 43.2 Å². The zero-order chi connectivity index (χ0) is 35.9. The first-order valence-corrected chi connectivity index (χ1v) is 15.8. The number of para-hydroxylation sites is 2. The van der Waals surface area contributed by atoms with Crippen molar-refractivity contribution in [3.8, 4) is 0 Å². The summed E-state index contributed by atoms with van der Waals surface area (Å²) in [4.78, 5) is 55.8. The minimum absolute atomic E-state index is 0.129. The van der Waals surface area contributed by atoms with Crippen molar-refractivity contribution >= 4 is 45.9 Å². The first-order valence-electron chi connectivity index (χ1n) is 15.8. The molecular formula is C38H39N5O7. The molecule has 5 N–H and O–H groups in total. The minimum Gasteiger partial charge on any atom is -0.395 e. The molecule has 0 unspecified atom stereocenters. The molecule has 0 aliphatic carbocycles.